The molecule has 2 amide bonds. The lowest BCUT2D eigenvalue weighted by Crippen LogP contribution is -2.52. The summed E-state index contributed by atoms with van der Waals surface area (Å²) in [6, 6.07) is 18.1. The van der Waals surface area contributed by atoms with Gasteiger partial charge in [0.1, 0.15) is 12.6 Å². The van der Waals surface area contributed by atoms with E-state index in [4.69, 9.17) is 9.47 Å². The molecule has 230 valence electrons. The Morgan fingerprint density at radius 1 is 0.884 bits per heavy atom. The smallest absolute Gasteiger partial charge is 0.264 e. The molecule has 0 radical (unpaired) electrons. The van der Waals surface area contributed by atoms with Gasteiger partial charge in [0.2, 0.25) is 11.8 Å². The molecule has 4 rings (SSSR count). The van der Waals surface area contributed by atoms with Crippen LogP contribution >= 0.6 is 0 Å². The van der Waals surface area contributed by atoms with Crippen LogP contribution in [0.25, 0.3) is 0 Å². The number of sulfonamides is 1. The average molecular weight is 608 g/mol. The van der Waals surface area contributed by atoms with Crippen molar-refractivity contribution in [2.75, 3.05) is 25.1 Å². The average Bonchev–Trinajstić information content (AvgIpc) is 3.52. The minimum Gasteiger partial charge on any atom is -0.493 e. The number of amides is 2. The van der Waals surface area contributed by atoms with Crippen molar-refractivity contribution in [3.63, 3.8) is 0 Å². The maximum atomic E-state index is 14.2. The molecule has 1 atom stereocenters. The fourth-order valence-corrected chi connectivity index (χ4v) is 6.62. The zero-order chi connectivity index (χ0) is 31.1. The number of hydrogen-bond acceptors (Lipinski definition) is 6. The second kappa shape index (κ2) is 13.9. The van der Waals surface area contributed by atoms with E-state index in [1.54, 1.807) is 31.2 Å². The van der Waals surface area contributed by atoms with Gasteiger partial charge in [-0.3, -0.25) is 13.9 Å². The number of nitrogens with one attached hydrogen (secondary N) is 1. The summed E-state index contributed by atoms with van der Waals surface area (Å²) in [5, 5.41) is 3.09. The molecule has 0 bridgehead atoms. The van der Waals surface area contributed by atoms with Gasteiger partial charge >= 0.3 is 0 Å². The molecular weight excluding hydrogens is 566 g/mol. The number of methoxy groups -OCH3 is 2. The molecule has 9 nitrogen and oxygen atoms in total. The van der Waals surface area contributed by atoms with Crippen LogP contribution in [0.2, 0.25) is 0 Å². The SMILES string of the molecule is COc1ccc(N(CC(=O)N(Cc2ccc(C)cc2)[C@@H](C)C(=O)NC2CCCC2)S(=O)(=O)c2ccc(C)cc2)cc1OC. The molecule has 0 saturated heterocycles. The lowest BCUT2D eigenvalue weighted by molar-refractivity contribution is -0.139. The molecule has 1 aliphatic carbocycles. The Balaban J connectivity index is 1.72. The molecule has 1 saturated carbocycles. The van der Waals surface area contributed by atoms with E-state index in [9.17, 15) is 18.0 Å². The molecule has 10 heteroatoms. The van der Waals surface area contributed by atoms with Crippen molar-refractivity contribution in [3.05, 3.63) is 83.4 Å². The standard InChI is InChI=1S/C33H41N3O6S/c1-23-10-14-26(15-11-23)21-35(25(3)33(38)34-27-8-6-7-9-27)32(37)22-36(28-16-19-30(41-4)31(20-28)42-5)43(39,40)29-17-12-24(2)13-18-29/h10-20,25,27H,6-9,21-22H2,1-5H3,(H,34,38)/t25-/m0/s1. The number of carbonyl (C=O) groups excluding carboxylic acids is 2. The van der Waals surface area contributed by atoms with Crippen LogP contribution in [0.4, 0.5) is 5.69 Å². The predicted octanol–water partition coefficient (Wildman–Crippen LogP) is 4.99. The number of hydrogen-bond donors (Lipinski definition) is 1. The third-order valence-electron chi connectivity index (χ3n) is 7.89. The number of nitrogens with zero attached hydrogens (tertiary/aromatic N) is 2. The van der Waals surface area contributed by atoms with Crippen LogP contribution in [0.15, 0.2) is 71.6 Å². The predicted molar refractivity (Wildman–Crippen MR) is 167 cm³/mol. The van der Waals surface area contributed by atoms with Crippen molar-refractivity contribution in [3.8, 4) is 11.5 Å². The number of anilines is 1. The first-order chi connectivity index (χ1) is 20.5. The molecule has 0 heterocycles. The Morgan fingerprint density at radius 2 is 1.47 bits per heavy atom. The highest BCUT2D eigenvalue weighted by molar-refractivity contribution is 7.92. The molecule has 43 heavy (non-hydrogen) atoms. The van der Waals surface area contributed by atoms with Gasteiger partial charge in [0.25, 0.3) is 10.0 Å². The zero-order valence-corrected chi connectivity index (χ0v) is 26.3. The van der Waals surface area contributed by atoms with E-state index in [1.807, 2.05) is 38.1 Å². The largest absolute Gasteiger partial charge is 0.493 e. The maximum Gasteiger partial charge on any atom is 0.264 e. The van der Waals surface area contributed by atoms with Gasteiger partial charge in [-0.05, 0) is 63.4 Å². The molecule has 0 unspecified atom stereocenters. The van der Waals surface area contributed by atoms with E-state index >= 15 is 0 Å². The van der Waals surface area contributed by atoms with Gasteiger partial charge in [-0.2, -0.15) is 0 Å². The third-order valence-corrected chi connectivity index (χ3v) is 9.67. The Kier molecular flexibility index (Phi) is 10.3. The summed E-state index contributed by atoms with van der Waals surface area (Å²) in [7, 11) is -1.25. The van der Waals surface area contributed by atoms with Gasteiger partial charge < -0.3 is 19.7 Å². The van der Waals surface area contributed by atoms with Gasteiger partial charge in [0.15, 0.2) is 11.5 Å². The van der Waals surface area contributed by atoms with Crippen LogP contribution in [0.5, 0.6) is 11.5 Å². The van der Waals surface area contributed by atoms with Gasteiger partial charge in [0.05, 0.1) is 24.8 Å². The van der Waals surface area contributed by atoms with Crippen LogP contribution in [0.1, 0.15) is 49.3 Å². The second-order valence-corrected chi connectivity index (χ2v) is 12.9. The highest BCUT2D eigenvalue weighted by Gasteiger charge is 2.33. The van der Waals surface area contributed by atoms with E-state index in [0.717, 1.165) is 46.7 Å². The van der Waals surface area contributed by atoms with Crippen LogP contribution in [0, 0.1) is 13.8 Å². The topological polar surface area (TPSA) is 105 Å². The van der Waals surface area contributed by atoms with Crippen LogP contribution in [-0.4, -0.2) is 58.0 Å². The molecule has 3 aromatic rings. The minimum atomic E-state index is -4.20. The Hall–Kier alpha value is -4.05. The monoisotopic (exact) mass is 607 g/mol. The maximum absolute atomic E-state index is 14.2. The second-order valence-electron chi connectivity index (χ2n) is 11.0. The fraction of sp³-hybridized carbons (Fsp3) is 0.394. The van der Waals surface area contributed by atoms with Gasteiger partial charge in [-0.1, -0.05) is 60.4 Å². The first-order valence-electron chi connectivity index (χ1n) is 14.5. The van der Waals surface area contributed by atoms with E-state index in [0.29, 0.717) is 11.5 Å². The summed E-state index contributed by atoms with van der Waals surface area (Å²) in [4.78, 5) is 29.0. The lowest BCUT2D eigenvalue weighted by atomic mass is 10.1. The zero-order valence-electron chi connectivity index (χ0n) is 25.5. The Bertz CT molecular complexity index is 1520. The first kappa shape index (κ1) is 31.9. The summed E-state index contributed by atoms with van der Waals surface area (Å²) in [5.41, 5.74) is 3.03. The first-order valence-corrected chi connectivity index (χ1v) is 15.9. The Labute approximate surface area is 254 Å². The number of aryl methyl sites for hydroxylation is 2. The summed E-state index contributed by atoms with van der Waals surface area (Å²) in [6.45, 7) is 5.14. The molecule has 0 aromatic heterocycles. The van der Waals surface area contributed by atoms with Crippen LogP contribution < -0.4 is 19.1 Å². The van der Waals surface area contributed by atoms with Crippen molar-refractivity contribution in [2.45, 2.75) is 70.0 Å². The van der Waals surface area contributed by atoms with Crippen molar-refractivity contribution in [2.24, 2.45) is 0 Å². The molecule has 3 aromatic carbocycles. The number of benzene rings is 3. The summed E-state index contributed by atoms with van der Waals surface area (Å²) in [6.07, 6.45) is 3.93. The van der Waals surface area contributed by atoms with E-state index in [1.165, 1.54) is 37.3 Å². The molecule has 0 aliphatic heterocycles. The lowest BCUT2D eigenvalue weighted by Gasteiger charge is -2.32. The highest BCUT2D eigenvalue weighted by Crippen LogP contribution is 2.34. The van der Waals surface area contributed by atoms with Crippen LogP contribution in [0.3, 0.4) is 0 Å². The molecule has 0 spiro atoms. The molecule has 1 fully saturated rings. The normalized spacial score (nSPS) is 14.2. The van der Waals surface area contributed by atoms with Gasteiger partial charge in [0, 0.05) is 18.7 Å². The highest BCUT2D eigenvalue weighted by atomic mass is 32.2. The van der Waals surface area contributed by atoms with Crippen molar-refractivity contribution in [1.82, 2.24) is 10.2 Å². The third kappa shape index (κ3) is 7.67. The minimum absolute atomic E-state index is 0.0396. The van der Waals surface area contributed by atoms with Crippen molar-refractivity contribution in [1.29, 1.82) is 0 Å². The summed E-state index contributed by atoms with van der Waals surface area (Å²) >= 11 is 0. The fourth-order valence-electron chi connectivity index (χ4n) is 5.21. The van der Waals surface area contributed by atoms with Crippen molar-refractivity contribution >= 4 is 27.5 Å². The van der Waals surface area contributed by atoms with E-state index in [2.05, 4.69) is 5.32 Å². The number of carbonyl (C=O) groups is 2. The molecule has 1 N–H and O–H groups in total. The van der Waals surface area contributed by atoms with Gasteiger partial charge in [-0.15, -0.1) is 0 Å². The molecular formula is C33H41N3O6S. The summed E-state index contributed by atoms with van der Waals surface area (Å²) < 4.78 is 40.0. The number of rotatable bonds is 12. The van der Waals surface area contributed by atoms with Crippen LogP contribution in [-0.2, 0) is 26.2 Å². The van der Waals surface area contributed by atoms with E-state index < -0.39 is 28.5 Å². The number of ether oxygens (including phenoxy) is 2. The Morgan fingerprint density at radius 3 is 2.05 bits per heavy atom. The van der Waals surface area contributed by atoms with Crippen molar-refractivity contribution < 1.29 is 27.5 Å². The van der Waals surface area contributed by atoms with E-state index in [-0.39, 0.29) is 29.1 Å². The quantitative estimate of drug-likeness (QED) is 0.311. The van der Waals surface area contributed by atoms with Gasteiger partial charge in [-0.25, -0.2) is 8.42 Å². The molecule has 1 aliphatic rings. The summed E-state index contributed by atoms with van der Waals surface area (Å²) in [5.74, 6) is -0.0348.